The van der Waals surface area contributed by atoms with Gasteiger partial charge in [0.15, 0.2) is 9.86 Å². The summed E-state index contributed by atoms with van der Waals surface area (Å²) >= 11 is -3.00. The molecule has 0 aromatic rings. The van der Waals surface area contributed by atoms with Crippen molar-refractivity contribution in [2.45, 2.75) is 4.08 Å². The third-order valence-electron chi connectivity index (χ3n) is 1.80. The summed E-state index contributed by atoms with van der Waals surface area (Å²) in [6, 6.07) is 0. The zero-order chi connectivity index (χ0) is 11.7. The van der Waals surface area contributed by atoms with Crippen LogP contribution in [0.4, 0.5) is 0 Å². The summed E-state index contributed by atoms with van der Waals surface area (Å²) in [5, 5.41) is 0. The Hall–Kier alpha value is -0.870. The molecule has 15 heavy (non-hydrogen) atoms. The van der Waals surface area contributed by atoms with Crippen molar-refractivity contribution in [3.63, 3.8) is 0 Å². The average molecular weight is 251 g/mol. The Morgan fingerprint density at radius 1 is 1.40 bits per heavy atom. The van der Waals surface area contributed by atoms with Crippen LogP contribution in [-0.4, -0.2) is 27.0 Å². The lowest BCUT2D eigenvalue weighted by Crippen LogP contribution is -2.50. The first-order valence-electron chi connectivity index (χ1n) is 3.59. The molecule has 1 rings (SSSR count). The molecular weight excluding hydrogens is 244 g/mol. The average Bonchev–Trinajstić information content (AvgIpc) is 2.18. The molecule has 0 saturated carbocycles. The smallest absolute Gasteiger partial charge is 0.248 e. The van der Waals surface area contributed by atoms with Crippen LogP contribution in [0.5, 0.6) is 0 Å². The number of hydrogen-bond acceptors (Lipinski definition) is 6. The van der Waals surface area contributed by atoms with Gasteiger partial charge in [0.25, 0.3) is 0 Å². The minimum Gasteiger partial charge on any atom is -0.771 e. The van der Waals surface area contributed by atoms with Crippen LogP contribution in [0.2, 0.25) is 0 Å². The van der Waals surface area contributed by atoms with Crippen molar-refractivity contribution < 1.29 is 22.0 Å². The topological polar surface area (TPSA) is 129 Å². The second kappa shape index (κ2) is 3.94. The van der Waals surface area contributed by atoms with Crippen molar-refractivity contribution in [1.29, 1.82) is 0 Å². The summed E-state index contributed by atoms with van der Waals surface area (Å²) in [5.74, 6) is 4.23. The van der Waals surface area contributed by atoms with Crippen molar-refractivity contribution in [3.8, 4) is 0 Å². The van der Waals surface area contributed by atoms with Gasteiger partial charge in [-0.2, -0.15) is 4.83 Å². The fraction of sp³-hybridized carbons (Fsp3) is 0.167. The number of ketones is 1. The number of rotatable bonds is 3. The van der Waals surface area contributed by atoms with Crippen LogP contribution in [-0.2, 0) is 25.9 Å². The molecule has 1 unspecified atom stereocenters. The van der Waals surface area contributed by atoms with Gasteiger partial charge in [0.2, 0.25) is 10.0 Å². The fourth-order valence-corrected chi connectivity index (χ4v) is 2.88. The molecule has 0 heterocycles. The standard InChI is InChI=1S/C6H8N2O5S2/c7-8-15(12,13)6(14(10)11)3-1-5(9)2-4-6/h1-4,8H,7H2,(H,10,11)/p-1. The first kappa shape index (κ1) is 12.2. The molecule has 84 valence electrons. The van der Waals surface area contributed by atoms with E-state index in [4.69, 9.17) is 5.84 Å². The molecule has 3 N–H and O–H groups in total. The highest BCUT2D eigenvalue weighted by molar-refractivity contribution is 8.05. The maximum absolute atomic E-state index is 11.4. The zero-order valence-electron chi connectivity index (χ0n) is 7.24. The lowest BCUT2D eigenvalue weighted by molar-refractivity contribution is -0.110. The summed E-state index contributed by atoms with van der Waals surface area (Å²) in [4.78, 5) is 12.2. The van der Waals surface area contributed by atoms with E-state index in [2.05, 4.69) is 0 Å². The van der Waals surface area contributed by atoms with Crippen molar-refractivity contribution in [3.05, 3.63) is 24.3 Å². The number of sulfonamides is 1. The number of carbonyl (C=O) groups excluding carboxylic acids is 1. The molecule has 0 aliphatic heterocycles. The fourth-order valence-electron chi connectivity index (χ4n) is 0.980. The van der Waals surface area contributed by atoms with E-state index in [-0.39, 0.29) is 0 Å². The van der Waals surface area contributed by atoms with Crippen LogP contribution >= 0.6 is 0 Å². The van der Waals surface area contributed by atoms with Gasteiger partial charge in [0.05, 0.1) is 0 Å². The van der Waals surface area contributed by atoms with Gasteiger partial charge >= 0.3 is 0 Å². The van der Waals surface area contributed by atoms with Gasteiger partial charge in [0, 0.05) is 0 Å². The van der Waals surface area contributed by atoms with Gasteiger partial charge in [-0.1, -0.05) is 0 Å². The van der Waals surface area contributed by atoms with E-state index in [9.17, 15) is 22.0 Å². The molecule has 0 saturated heterocycles. The van der Waals surface area contributed by atoms with E-state index < -0.39 is 31.0 Å². The van der Waals surface area contributed by atoms with Gasteiger partial charge in [-0.15, -0.1) is 0 Å². The van der Waals surface area contributed by atoms with Crippen LogP contribution in [0.25, 0.3) is 0 Å². The number of carbonyl (C=O) groups is 1. The normalized spacial score (nSPS) is 21.6. The highest BCUT2D eigenvalue weighted by atomic mass is 32.3. The molecule has 7 nitrogen and oxygen atoms in total. The predicted octanol–water partition coefficient (Wildman–Crippen LogP) is -1.95. The van der Waals surface area contributed by atoms with E-state index in [1.54, 1.807) is 0 Å². The molecule has 1 atom stereocenters. The number of allylic oxidation sites excluding steroid dienone is 2. The summed E-state index contributed by atoms with van der Waals surface area (Å²) < 4.78 is 42.2. The van der Waals surface area contributed by atoms with Gasteiger partial charge < -0.3 is 4.55 Å². The number of hydrazine groups is 1. The molecule has 1 aliphatic carbocycles. The lowest BCUT2D eigenvalue weighted by atomic mass is 10.2. The van der Waals surface area contributed by atoms with Crippen LogP contribution in [0.1, 0.15) is 0 Å². The first-order chi connectivity index (χ1) is 6.85. The van der Waals surface area contributed by atoms with Gasteiger partial charge in [0.1, 0.15) is 0 Å². The van der Waals surface area contributed by atoms with Gasteiger partial charge in [-0.3, -0.25) is 14.8 Å². The highest BCUT2D eigenvalue weighted by Gasteiger charge is 2.42. The molecule has 0 aromatic heterocycles. The third-order valence-corrected chi connectivity index (χ3v) is 5.08. The molecular formula is C6H7N2O5S2-. The Balaban J connectivity index is 3.37. The maximum atomic E-state index is 11.4. The summed E-state index contributed by atoms with van der Waals surface area (Å²) in [6.45, 7) is 0. The third kappa shape index (κ3) is 1.92. The number of nitrogens with one attached hydrogen (secondary N) is 1. The molecule has 0 fully saturated rings. The van der Waals surface area contributed by atoms with Gasteiger partial charge in [-0.25, -0.2) is 8.42 Å². The minimum absolute atomic E-state index is 0.497. The zero-order valence-corrected chi connectivity index (χ0v) is 8.88. The maximum Gasteiger partial charge on any atom is 0.248 e. The Morgan fingerprint density at radius 2 is 1.87 bits per heavy atom. The second-order valence-corrected chi connectivity index (χ2v) is 5.97. The Morgan fingerprint density at radius 3 is 2.20 bits per heavy atom. The monoisotopic (exact) mass is 251 g/mol. The van der Waals surface area contributed by atoms with Crippen molar-refractivity contribution >= 4 is 26.9 Å². The number of hydrogen-bond donors (Lipinski definition) is 2. The van der Waals surface area contributed by atoms with Crippen LogP contribution in [0, 0.1) is 0 Å². The highest BCUT2D eigenvalue weighted by Crippen LogP contribution is 2.26. The van der Waals surface area contributed by atoms with Crippen LogP contribution < -0.4 is 10.7 Å². The van der Waals surface area contributed by atoms with Crippen molar-refractivity contribution in [2.24, 2.45) is 5.84 Å². The lowest BCUT2D eigenvalue weighted by Gasteiger charge is -2.29. The molecule has 9 heteroatoms. The first-order valence-corrected chi connectivity index (χ1v) is 6.15. The Labute approximate surface area is 88.3 Å². The molecule has 0 radical (unpaired) electrons. The summed E-state index contributed by atoms with van der Waals surface area (Å²) in [7, 11) is -4.32. The van der Waals surface area contributed by atoms with E-state index in [1.807, 2.05) is 0 Å². The van der Waals surface area contributed by atoms with Crippen molar-refractivity contribution in [1.82, 2.24) is 4.83 Å². The van der Waals surface area contributed by atoms with E-state index in [1.165, 1.54) is 4.83 Å². The summed E-state index contributed by atoms with van der Waals surface area (Å²) in [6.07, 6.45) is 3.22. The SMILES string of the molecule is NNS(=O)(=O)C1(S(=O)[O-])C=CC(=O)C=C1. The van der Waals surface area contributed by atoms with E-state index >= 15 is 0 Å². The molecule has 0 aromatic carbocycles. The Kier molecular flexibility index (Phi) is 3.21. The Bertz CT molecular complexity index is 448. The van der Waals surface area contributed by atoms with E-state index in [0.717, 1.165) is 24.3 Å². The van der Waals surface area contributed by atoms with Gasteiger partial charge in [-0.05, 0) is 35.4 Å². The van der Waals surface area contributed by atoms with Crippen LogP contribution in [0.3, 0.4) is 0 Å². The molecule has 0 bridgehead atoms. The quantitative estimate of drug-likeness (QED) is 0.340. The number of nitrogens with two attached hydrogens (primary N) is 1. The van der Waals surface area contributed by atoms with Crippen LogP contribution in [0.15, 0.2) is 24.3 Å². The minimum atomic E-state index is -4.32. The summed E-state index contributed by atoms with van der Waals surface area (Å²) in [5.41, 5.74) is 0. The van der Waals surface area contributed by atoms with Crippen molar-refractivity contribution in [2.75, 3.05) is 0 Å². The molecule has 1 aliphatic rings. The second-order valence-electron chi connectivity index (χ2n) is 2.65. The molecule has 0 amide bonds. The molecule has 0 spiro atoms. The largest absolute Gasteiger partial charge is 0.771 e. The van der Waals surface area contributed by atoms with E-state index in [0.29, 0.717) is 0 Å². The predicted molar refractivity (Wildman–Crippen MR) is 51.2 cm³/mol.